The number of aromatic amines is 1. The maximum atomic E-state index is 12.0. The zero-order valence-corrected chi connectivity index (χ0v) is 31.4. The van der Waals surface area contributed by atoms with Crippen LogP contribution in [0, 0.1) is 0 Å². The Labute approximate surface area is 314 Å². The highest BCUT2D eigenvalue weighted by Gasteiger charge is 2.28. The van der Waals surface area contributed by atoms with E-state index < -0.39 is 0 Å². The maximum absolute atomic E-state index is 12.0. The van der Waals surface area contributed by atoms with E-state index in [9.17, 15) is 4.79 Å². The van der Waals surface area contributed by atoms with Gasteiger partial charge in [-0.3, -0.25) is 0 Å². The number of benzene rings is 4. The number of nitrogens with zero attached hydrogens (tertiary/aromatic N) is 4. The topological polar surface area (TPSA) is 119 Å². The van der Waals surface area contributed by atoms with Crippen LogP contribution >= 0.6 is 11.3 Å². The zero-order chi connectivity index (χ0) is 36.7. The minimum atomic E-state index is -0.343. The molecule has 8 rings (SSSR count). The first-order valence-corrected chi connectivity index (χ1v) is 19.2. The first-order chi connectivity index (χ1) is 25.8. The van der Waals surface area contributed by atoms with Gasteiger partial charge in [0.1, 0.15) is 28.6 Å². The molecule has 2 unspecified atom stereocenters. The molecule has 0 amide bonds. The number of nitrogens with one attached hydrogen (secondary N) is 1. The average Bonchev–Trinajstić information content (AvgIpc) is 3.83. The molecule has 2 atom stereocenters. The standard InChI is InChI=1S/C22H24N2O3S.C20H24N4O/c1-24-12-10-17(11-13-24)27-20(15-6-5-7-16(14-15)22(25)26-2)21-23-18-8-3-4-9-19(18)28-21;1-24-12-10-15(11-13-24)25-19(14-6-3-2-4-7-14)20-22-17-9-5-8-16(21)18(17)23-20/h3-9,14,17,20H,10-13H2,1-2H3;2-9,15,19H,10-13,21H2,1H3,(H,22,23). The van der Waals surface area contributed by atoms with Crippen LogP contribution in [-0.4, -0.2) is 90.3 Å². The highest BCUT2D eigenvalue weighted by Crippen LogP contribution is 2.36. The van der Waals surface area contributed by atoms with Gasteiger partial charge in [0.2, 0.25) is 0 Å². The molecule has 0 aliphatic carbocycles. The molecule has 10 nitrogen and oxygen atoms in total. The summed E-state index contributed by atoms with van der Waals surface area (Å²) in [6.45, 7) is 4.19. The number of para-hydroxylation sites is 2. The normalized spacial score (nSPS) is 17.3. The molecule has 6 aromatic rings. The summed E-state index contributed by atoms with van der Waals surface area (Å²) in [5.41, 5.74) is 12.1. The minimum absolute atomic E-state index is 0.176. The highest BCUT2D eigenvalue weighted by atomic mass is 32.1. The first-order valence-electron chi connectivity index (χ1n) is 18.4. The summed E-state index contributed by atoms with van der Waals surface area (Å²) < 4.78 is 19.1. The summed E-state index contributed by atoms with van der Waals surface area (Å²) in [7, 11) is 5.70. The second-order valence-electron chi connectivity index (χ2n) is 14.0. The number of hydrogen-bond acceptors (Lipinski definition) is 10. The number of thiazole rings is 1. The minimum Gasteiger partial charge on any atom is -0.465 e. The number of imidazole rings is 1. The van der Waals surface area contributed by atoms with Crippen LogP contribution in [0.15, 0.2) is 97.1 Å². The van der Waals surface area contributed by atoms with Gasteiger partial charge >= 0.3 is 5.97 Å². The van der Waals surface area contributed by atoms with E-state index in [1.807, 2.05) is 72.8 Å². The van der Waals surface area contributed by atoms with Gasteiger partial charge in [-0.15, -0.1) is 11.3 Å². The zero-order valence-electron chi connectivity index (χ0n) is 30.6. The van der Waals surface area contributed by atoms with Crippen molar-refractivity contribution in [2.24, 2.45) is 0 Å². The van der Waals surface area contributed by atoms with E-state index in [1.165, 1.54) is 7.11 Å². The number of likely N-dealkylation sites (tertiary alicyclic amines) is 2. The fourth-order valence-electron chi connectivity index (χ4n) is 6.98. The van der Waals surface area contributed by atoms with Gasteiger partial charge in [-0.25, -0.2) is 14.8 Å². The second kappa shape index (κ2) is 17.0. The van der Waals surface area contributed by atoms with Crippen LogP contribution in [0.25, 0.3) is 21.3 Å². The second-order valence-corrected chi connectivity index (χ2v) is 15.0. The van der Waals surface area contributed by atoms with Crippen LogP contribution in [-0.2, 0) is 14.2 Å². The van der Waals surface area contributed by atoms with Crippen molar-refractivity contribution in [2.75, 3.05) is 53.1 Å². The summed E-state index contributed by atoms with van der Waals surface area (Å²) in [6.07, 6.45) is 3.99. The number of H-pyrrole nitrogens is 1. The van der Waals surface area contributed by atoms with Crippen molar-refractivity contribution in [1.82, 2.24) is 24.8 Å². The molecular formula is C42H48N6O4S. The quantitative estimate of drug-likeness (QED) is 0.114. The molecule has 4 heterocycles. The summed E-state index contributed by atoms with van der Waals surface area (Å²) in [6, 6.07) is 31.7. The van der Waals surface area contributed by atoms with Crippen LogP contribution in [0.4, 0.5) is 5.69 Å². The number of hydrogen-bond donors (Lipinski definition) is 2. The molecule has 0 saturated carbocycles. The van der Waals surface area contributed by atoms with E-state index in [0.717, 1.165) is 95.1 Å². The molecule has 0 radical (unpaired) electrons. The molecule has 2 aliphatic heterocycles. The smallest absolute Gasteiger partial charge is 0.337 e. The number of aromatic nitrogens is 3. The Kier molecular flexibility index (Phi) is 11.8. The van der Waals surface area contributed by atoms with Gasteiger partial charge in [-0.1, -0.05) is 60.7 Å². The lowest BCUT2D eigenvalue weighted by Gasteiger charge is -2.31. The fourth-order valence-corrected chi connectivity index (χ4v) is 8.01. The molecule has 0 bridgehead atoms. The molecule has 2 aromatic heterocycles. The Morgan fingerprint density at radius 3 is 2.06 bits per heavy atom. The number of fused-ring (bicyclic) bond motifs is 2. The molecule has 2 aliphatic rings. The third-order valence-electron chi connectivity index (χ3n) is 10.0. The van der Waals surface area contributed by atoms with Gasteiger partial charge in [0.05, 0.1) is 46.3 Å². The number of nitrogens with two attached hydrogens (primary N) is 1. The Morgan fingerprint density at radius 2 is 1.40 bits per heavy atom. The van der Waals surface area contributed by atoms with Crippen LogP contribution in [0.1, 0.15) is 70.2 Å². The number of rotatable bonds is 9. The Balaban J connectivity index is 0.000000165. The van der Waals surface area contributed by atoms with E-state index >= 15 is 0 Å². The number of piperidine rings is 2. The predicted molar refractivity (Wildman–Crippen MR) is 211 cm³/mol. The molecule has 3 N–H and O–H groups in total. The molecule has 0 spiro atoms. The molecular weight excluding hydrogens is 685 g/mol. The van der Waals surface area contributed by atoms with Crippen LogP contribution in [0.2, 0.25) is 0 Å². The molecule has 276 valence electrons. The number of methoxy groups -OCH3 is 1. The van der Waals surface area contributed by atoms with E-state index in [1.54, 1.807) is 17.4 Å². The molecule has 4 aromatic carbocycles. The number of esters is 1. The molecule has 53 heavy (non-hydrogen) atoms. The summed E-state index contributed by atoms with van der Waals surface area (Å²) in [5, 5.41) is 0.919. The van der Waals surface area contributed by atoms with Gasteiger partial charge in [0.25, 0.3) is 0 Å². The summed E-state index contributed by atoms with van der Waals surface area (Å²) in [4.78, 5) is 29.7. The van der Waals surface area contributed by atoms with E-state index in [0.29, 0.717) is 11.3 Å². The van der Waals surface area contributed by atoms with Crippen LogP contribution in [0.5, 0.6) is 0 Å². The fraction of sp³-hybridized carbons (Fsp3) is 0.357. The summed E-state index contributed by atoms with van der Waals surface area (Å²) in [5.74, 6) is 0.474. The van der Waals surface area contributed by atoms with Gasteiger partial charge in [0.15, 0.2) is 0 Å². The van der Waals surface area contributed by atoms with Crippen molar-refractivity contribution in [2.45, 2.75) is 50.1 Å². The first kappa shape index (κ1) is 36.7. The lowest BCUT2D eigenvalue weighted by Crippen LogP contribution is -2.35. The van der Waals surface area contributed by atoms with Crippen LogP contribution < -0.4 is 5.73 Å². The number of anilines is 1. The van der Waals surface area contributed by atoms with Crippen molar-refractivity contribution in [3.05, 3.63) is 125 Å². The van der Waals surface area contributed by atoms with Crippen molar-refractivity contribution in [3.8, 4) is 0 Å². The number of carbonyl (C=O) groups is 1. The van der Waals surface area contributed by atoms with Crippen molar-refractivity contribution < 1.29 is 19.0 Å². The Bertz CT molecular complexity index is 2070. The van der Waals surface area contributed by atoms with E-state index in [4.69, 9.17) is 29.9 Å². The van der Waals surface area contributed by atoms with Crippen molar-refractivity contribution >= 4 is 44.2 Å². The van der Waals surface area contributed by atoms with Gasteiger partial charge in [-0.2, -0.15) is 0 Å². The van der Waals surface area contributed by atoms with E-state index in [2.05, 4.69) is 47.1 Å². The monoisotopic (exact) mass is 732 g/mol. The lowest BCUT2D eigenvalue weighted by atomic mass is 10.0. The van der Waals surface area contributed by atoms with Gasteiger partial charge in [0, 0.05) is 26.2 Å². The third kappa shape index (κ3) is 8.94. The third-order valence-corrected chi connectivity index (χ3v) is 11.1. The van der Waals surface area contributed by atoms with E-state index in [-0.39, 0.29) is 30.4 Å². The Morgan fingerprint density at radius 1 is 0.774 bits per heavy atom. The number of nitrogen functional groups attached to an aromatic ring is 1. The summed E-state index contributed by atoms with van der Waals surface area (Å²) >= 11 is 1.65. The van der Waals surface area contributed by atoms with Gasteiger partial charge in [-0.05, 0) is 87.3 Å². The highest BCUT2D eigenvalue weighted by molar-refractivity contribution is 7.18. The van der Waals surface area contributed by atoms with Crippen LogP contribution in [0.3, 0.4) is 0 Å². The predicted octanol–water partition coefficient (Wildman–Crippen LogP) is 7.63. The lowest BCUT2D eigenvalue weighted by molar-refractivity contribution is -0.0264. The van der Waals surface area contributed by atoms with Gasteiger partial charge < -0.3 is 34.7 Å². The van der Waals surface area contributed by atoms with Crippen molar-refractivity contribution in [1.29, 1.82) is 0 Å². The molecule has 2 saturated heterocycles. The maximum Gasteiger partial charge on any atom is 0.337 e. The largest absolute Gasteiger partial charge is 0.465 e. The molecule has 11 heteroatoms. The van der Waals surface area contributed by atoms with Crippen molar-refractivity contribution in [3.63, 3.8) is 0 Å². The SMILES string of the molecule is CN1CCC(OC(c2ccccc2)c2nc3c(N)cccc3[nH]2)CC1.COC(=O)c1cccc(C(OC2CCN(C)CC2)c2nc3ccccc3s2)c1. The average molecular weight is 733 g/mol. The molecule has 2 fully saturated rings. The number of carbonyl (C=O) groups excluding carboxylic acids is 1. The Hall–Kier alpha value is -4.65. The number of ether oxygens (including phenoxy) is 3.